The number of benzene rings is 1. The maximum Gasteiger partial charge on any atom is 0.259 e. The Bertz CT molecular complexity index is 711. The first-order valence-corrected chi connectivity index (χ1v) is 7.52. The highest BCUT2D eigenvalue weighted by Crippen LogP contribution is 2.19. The Kier molecular flexibility index (Phi) is 5.74. The fraction of sp³-hybridized carbons (Fsp3) is 0.222. The molecule has 5 heteroatoms. The first-order valence-electron chi connectivity index (χ1n) is 7.52. The van der Waals surface area contributed by atoms with Crippen LogP contribution < -0.4 is 15.8 Å². The number of aromatic nitrogens is 1. The van der Waals surface area contributed by atoms with Gasteiger partial charge in [0.2, 0.25) is 0 Å². The number of aryl methyl sites for hydroxylation is 1. The lowest BCUT2D eigenvalue weighted by atomic mass is 10.2. The number of hydrogen-bond acceptors (Lipinski definition) is 4. The first-order chi connectivity index (χ1) is 11.1. The van der Waals surface area contributed by atoms with Crippen LogP contribution in [0.25, 0.3) is 0 Å². The van der Waals surface area contributed by atoms with E-state index in [0.717, 1.165) is 12.1 Å². The molecule has 23 heavy (non-hydrogen) atoms. The van der Waals surface area contributed by atoms with Gasteiger partial charge in [0.15, 0.2) is 0 Å². The maximum absolute atomic E-state index is 12.3. The van der Waals surface area contributed by atoms with Gasteiger partial charge in [-0.05, 0) is 37.6 Å². The van der Waals surface area contributed by atoms with Gasteiger partial charge < -0.3 is 15.8 Å². The third-order valence-corrected chi connectivity index (χ3v) is 3.15. The lowest BCUT2D eigenvalue weighted by molar-refractivity contribution is 0.102. The van der Waals surface area contributed by atoms with E-state index < -0.39 is 0 Å². The van der Waals surface area contributed by atoms with Crippen LogP contribution in [0.4, 0.5) is 11.5 Å². The summed E-state index contributed by atoms with van der Waals surface area (Å²) in [6.07, 6.45) is 4.98. The smallest absolute Gasteiger partial charge is 0.259 e. The predicted octanol–water partition coefficient (Wildman–Crippen LogP) is 3.57. The number of carbonyl (C=O) groups excluding carboxylic acids is 1. The molecule has 1 amide bonds. The summed E-state index contributed by atoms with van der Waals surface area (Å²) in [5.74, 6) is 0.621. The second-order valence-electron chi connectivity index (χ2n) is 5.06. The highest BCUT2D eigenvalue weighted by molar-refractivity contribution is 6.07. The molecular formula is C18H21N3O2. The molecule has 5 nitrogen and oxygen atoms in total. The van der Waals surface area contributed by atoms with Gasteiger partial charge in [0, 0.05) is 17.4 Å². The van der Waals surface area contributed by atoms with Gasteiger partial charge in [-0.15, -0.1) is 0 Å². The number of rotatable bonds is 6. The molecule has 2 rings (SSSR count). The Morgan fingerprint density at radius 3 is 2.87 bits per heavy atom. The molecule has 2 aromatic rings. The summed E-state index contributed by atoms with van der Waals surface area (Å²) >= 11 is 0. The fourth-order valence-corrected chi connectivity index (χ4v) is 2.01. The topological polar surface area (TPSA) is 77.2 Å². The van der Waals surface area contributed by atoms with E-state index in [0.29, 0.717) is 23.6 Å². The Morgan fingerprint density at radius 2 is 2.13 bits per heavy atom. The van der Waals surface area contributed by atoms with Gasteiger partial charge in [0.05, 0.1) is 5.56 Å². The number of ether oxygens (including phenoxy) is 1. The fourth-order valence-electron chi connectivity index (χ4n) is 2.01. The number of anilines is 2. The van der Waals surface area contributed by atoms with Gasteiger partial charge in [-0.1, -0.05) is 25.1 Å². The van der Waals surface area contributed by atoms with Gasteiger partial charge in [-0.2, -0.15) is 0 Å². The van der Waals surface area contributed by atoms with E-state index >= 15 is 0 Å². The minimum Gasteiger partial charge on any atom is -0.489 e. The van der Waals surface area contributed by atoms with Crippen molar-refractivity contribution >= 4 is 17.4 Å². The number of nitrogens with two attached hydrogens (primary N) is 1. The highest BCUT2D eigenvalue weighted by Gasteiger charge is 2.11. The summed E-state index contributed by atoms with van der Waals surface area (Å²) in [6, 6.07) is 10.7. The van der Waals surface area contributed by atoms with Crippen molar-refractivity contribution in [2.45, 2.75) is 20.3 Å². The quantitative estimate of drug-likeness (QED) is 0.800. The second-order valence-corrected chi connectivity index (χ2v) is 5.06. The molecule has 0 aliphatic heterocycles. The van der Waals surface area contributed by atoms with Crippen LogP contribution in [0.5, 0.6) is 5.75 Å². The lowest BCUT2D eigenvalue weighted by Crippen LogP contribution is -2.15. The maximum atomic E-state index is 12.3. The number of amides is 1. The van der Waals surface area contributed by atoms with Crippen molar-refractivity contribution < 1.29 is 9.53 Å². The Hall–Kier alpha value is -2.82. The van der Waals surface area contributed by atoms with E-state index in [2.05, 4.69) is 17.2 Å². The number of carbonyl (C=O) groups is 1. The molecule has 0 saturated carbocycles. The minimum atomic E-state index is -0.293. The third kappa shape index (κ3) is 4.85. The minimum absolute atomic E-state index is 0.222. The van der Waals surface area contributed by atoms with Crippen LogP contribution in [0.1, 0.15) is 29.4 Å². The summed E-state index contributed by atoms with van der Waals surface area (Å²) in [6.45, 7) is 4.39. The van der Waals surface area contributed by atoms with Crippen LogP contribution in [-0.4, -0.2) is 17.5 Å². The molecule has 0 unspecified atom stereocenters. The monoisotopic (exact) mass is 311 g/mol. The van der Waals surface area contributed by atoms with E-state index in [1.165, 1.54) is 0 Å². The van der Waals surface area contributed by atoms with Gasteiger partial charge in [0.1, 0.15) is 18.2 Å². The molecule has 1 aromatic heterocycles. The average molecular weight is 311 g/mol. The molecule has 1 heterocycles. The molecule has 0 aliphatic carbocycles. The number of pyridine rings is 1. The summed E-state index contributed by atoms with van der Waals surface area (Å²) < 4.78 is 5.60. The zero-order chi connectivity index (χ0) is 16.7. The summed E-state index contributed by atoms with van der Waals surface area (Å²) in [5.41, 5.74) is 7.57. The van der Waals surface area contributed by atoms with Crippen LogP contribution in [0.2, 0.25) is 0 Å². The van der Waals surface area contributed by atoms with Crippen molar-refractivity contribution in [3.63, 3.8) is 0 Å². The average Bonchev–Trinajstić information content (AvgIpc) is 2.52. The molecule has 0 bridgehead atoms. The Labute approximate surface area is 136 Å². The standard InChI is InChI=1S/C18H21N3O2/c1-3-4-5-11-23-15-8-6-7-14(12-15)21-18(22)16-10-9-13(2)20-17(16)19/h4-10,12H,3,11H2,1-2H3,(H2,19,20)(H,21,22). The van der Waals surface area contributed by atoms with Crippen molar-refractivity contribution in [2.24, 2.45) is 0 Å². The van der Waals surface area contributed by atoms with E-state index in [1.54, 1.807) is 24.3 Å². The van der Waals surface area contributed by atoms with Crippen LogP contribution in [0, 0.1) is 6.92 Å². The van der Waals surface area contributed by atoms with Crippen molar-refractivity contribution in [2.75, 3.05) is 17.7 Å². The Balaban J connectivity index is 2.04. The van der Waals surface area contributed by atoms with Crippen LogP contribution in [0.3, 0.4) is 0 Å². The van der Waals surface area contributed by atoms with E-state index in [4.69, 9.17) is 10.5 Å². The van der Waals surface area contributed by atoms with Crippen LogP contribution in [-0.2, 0) is 0 Å². The third-order valence-electron chi connectivity index (χ3n) is 3.15. The molecule has 0 aliphatic rings. The van der Waals surface area contributed by atoms with Gasteiger partial charge in [-0.25, -0.2) is 4.98 Å². The van der Waals surface area contributed by atoms with Crippen LogP contribution in [0.15, 0.2) is 48.6 Å². The van der Waals surface area contributed by atoms with E-state index in [9.17, 15) is 4.79 Å². The summed E-state index contributed by atoms with van der Waals surface area (Å²) in [7, 11) is 0. The number of nitrogen functional groups attached to an aromatic ring is 1. The molecule has 0 spiro atoms. The largest absolute Gasteiger partial charge is 0.489 e. The molecule has 0 saturated heterocycles. The SMILES string of the molecule is CCC=CCOc1cccc(NC(=O)c2ccc(C)nc2N)c1. The van der Waals surface area contributed by atoms with Gasteiger partial charge in [0.25, 0.3) is 5.91 Å². The number of hydrogen-bond donors (Lipinski definition) is 2. The molecule has 0 atom stereocenters. The number of nitrogens with one attached hydrogen (secondary N) is 1. The summed E-state index contributed by atoms with van der Waals surface area (Å²) in [4.78, 5) is 16.4. The predicted molar refractivity (Wildman–Crippen MR) is 92.7 cm³/mol. The molecule has 3 N–H and O–H groups in total. The molecule has 0 radical (unpaired) electrons. The second kappa shape index (κ2) is 7.98. The Morgan fingerprint density at radius 1 is 1.30 bits per heavy atom. The zero-order valence-corrected chi connectivity index (χ0v) is 13.4. The van der Waals surface area contributed by atoms with Crippen LogP contribution >= 0.6 is 0 Å². The molecule has 0 fully saturated rings. The van der Waals surface area contributed by atoms with E-state index in [-0.39, 0.29) is 11.7 Å². The number of nitrogens with zero attached hydrogens (tertiary/aromatic N) is 1. The van der Waals surface area contributed by atoms with Crippen molar-refractivity contribution in [1.82, 2.24) is 4.98 Å². The molecule has 120 valence electrons. The normalized spacial score (nSPS) is 10.7. The first kappa shape index (κ1) is 16.5. The number of allylic oxidation sites excluding steroid dienone is 1. The summed E-state index contributed by atoms with van der Waals surface area (Å²) in [5, 5.41) is 2.80. The van der Waals surface area contributed by atoms with Gasteiger partial charge in [-0.3, -0.25) is 4.79 Å². The van der Waals surface area contributed by atoms with E-state index in [1.807, 2.05) is 31.2 Å². The zero-order valence-electron chi connectivity index (χ0n) is 13.4. The van der Waals surface area contributed by atoms with Gasteiger partial charge >= 0.3 is 0 Å². The lowest BCUT2D eigenvalue weighted by Gasteiger charge is -2.09. The highest BCUT2D eigenvalue weighted by atomic mass is 16.5. The molecular weight excluding hydrogens is 290 g/mol. The molecule has 1 aromatic carbocycles. The van der Waals surface area contributed by atoms with Crippen molar-refractivity contribution in [3.05, 3.63) is 59.8 Å². The van der Waals surface area contributed by atoms with Crippen molar-refractivity contribution in [3.8, 4) is 5.75 Å². The van der Waals surface area contributed by atoms with Crippen molar-refractivity contribution in [1.29, 1.82) is 0 Å².